The molecule has 0 bridgehead atoms. The summed E-state index contributed by atoms with van der Waals surface area (Å²) in [6, 6.07) is -1.02. The lowest BCUT2D eigenvalue weighted by Gasteiger charge is -2.49. The molecule has 2 aliphatic heterocycles. The number of oxime groups is 1. The van der Waals surface area contributed by atoms with Gasteiger partial charge in [0.1, 0.15) is 33.9 Å². The van der Waals surface area contributed by atoms with Crippen molar-refractivity contribution in [2.45, 2.75) is 61.3 Å². The standard InChI is InChI=1S/C23H25N7O8S4/c1-9-27-28-22(42-9)41-7-11-6-39-19-15(26-17(31)14(29-35)13-8-40-21(24)25-13)18(32)30(19)16(11)20(33)36-10(2)37-23(34)38-12-4-3-5-12/h8,10,12,15,19,35H,3-7H2,1-2H3,(H2,24,25)(H,26,31)/b29-14-/t10?,15-,19+/m1/s1. The van der Waals surface area contributed by atoms with Crippen LogP contribution in [0.4, 0.5) is 9.93 Å². The van der Waals surface area contributed by atoms with Crippen LogP contribution in [0.25, 0.3) is 0 Å². The molecule has 42 heavy (non-hydrogen) atoms. The molecule has 5 rings (SSSR count). The van der Waals surface area contributed by atoms with Gasteiger partial charge in [0, 0.05) is 23.8 Å². The van der Waals surface area contributed by atoms with E-state index in [9.17, 15) is 24.4 Å². The van der Waals surface area contributed by atoms with E-state index in [-0.39, 0.29) is 22.6 Å². The average molecular weight is 656 g/mol. The lowest BCUT2D eigenvalue weighted by molar-refractivity contribution is -0.170. The first-order valence-corrected chi connectivity index (χ1v) is 16.3. The normalized spacial score (nSPS) is 21.1. The number of aromatic nitrogens is 3. The van der Waals surface area contributed by atoms with Crippen molar-refractivity contribution in [1.82, 2.24) is 25.4 Å². The Kier molecular flexibility index (Phi) is 9.19. The highest BCUT2D eigenvalue weighted by Gasteiger charge is 2.55. The summed E-state index contributed by atoms with van der Waals surface area (Å²) in [5.74, 6) is -1.64. The van der Waals surface area contributed by atoms with Gasteiger partial charge in [-0.2, -0.15) is 0 Å². The van der Waals surface area contributed by atoms with Gasteiger partial charge in [-0.05, 0) is 31.8 Å². The second-order valence-corrected chi connectivity index (χ2v) is 13.6. The molecule has 0 spiro atoms. The number of aryl methyl sites for hydroxylation is 1. The number of ether oxygens (including phenoxy) is 3. The SMILES string of the molecule is Cc1nnc(SCC2=C(C(=O)OC(C)OC(=O)OC3CCC3)N3C(=O)[C@@H](NC(=O)/C(=N\O)c4csc(N)n4)[C@@H]3SC2)s1. The van der Waals surface area contributed by atoms with Crippen LogP contribution in [0.2, 0.25) is 0 Å². The number of carbonyl (C=O) groups is 4. The Bertz CT molecular complexity index is 1460. The first-order chi connectivity index (χ1) is 20.1. The number of fused-ring (bicyclic) bond motifs is 1. The molecule has 0 aromatic carbocycles. The topological polar surface area (TPSA) is 209 Å². The van der Waals surface area contributed by atoms with E-state index in [1.807, 2.05) is 6.92 Å². The number of anilines is 1. The van der Waals surface area contributed by atoms with Crippen LogP contribution in [-0.2, 0) is 28.6 Å². The van der Waals surface area contributed by atoms with E-state index in [2.05, 4.69) is 25.7 Å². The van der Waals surface area contributed by atoms with E-state index in [1.54, 1.807) is 0 Å². The van der Waals surface area contributed by atoms with Crippen molar-refractivity contribution in [2.75, 3.05) is 17.2 Å². The molecular weight excluding hydrogens is 631 g/mol. The van der Waals surface area contributed by atoms with Gasteiger partial charge in [-0.25, -0.2) is 14.6 Å². The number of thiazole rings is 1. The van der Waals surface area contributed by atoms with E-state index in [4.69, 9.17) is 19.9 Å². The number of hydrogen-bond donors (Lipinski definition) is 3. The van der Waals surface area contributed by atoms with Crippen LogP contribution in [0.15, 0.2) is 26.1 Å². The van der Waals surface area contributed by atoms with Gasteiger partial charge < -0.3 is 30.5 Å². The third kappa shape index (κ3) is 6.47. The number of β-lactam (4-membered cyclic amide) rings is 1. The van der Waals surface area contributed by atoms with Gasteiger partial charge in [0.25, 0.3) is 11.8 Å². The highest BCUT2D eigenvalue weighted by molar-refractivity contribution is 8.01. The maximum atomic E-state index is 13.4. The van der Waals surface area contributed by atoms with Crippen LogP contribution < -0.4 is 11.1 Å². The van der Waals surface area contributed by atoms with E-state index >= 15 is 0 Å². The third-order valence-electron chi connectivity index (χ3n) is 6.33. The number of rotatable bonds is 10. The summed E-state index contributed by atoms with van der Waals surface area (Å²) < 4.78 is 16.3. The lowest BCUT2D eigenvalue weighted by Crippen LogP contribution is -2.71. The minimum Gasteiger partial charge on any atom is -0.431 e. The van der Waals surface area contributed by atoms with E-state index < -0.39 is 47.4 Å². The molecule has 2 aromatic rings. The number of hydrogen-bond acceptors (Lipinski definition) is 17. The fourth-order valence-electron chi connectivity index (χ4n) is 4.11. The molecule has 1 unspecified atom stereocenters. The highest BCUT2D eigenvalue weighted by Crippen LogP contribution is 2.42. The van der Waals surface area contributed by atoms with Gasteiger partial charge in [0.05, 0.1) is 0 Å². The smallest absolute Gasteiger partial charge is 0.431 e. The number of nitrogens with zero attached hydrogens (tertiary/aromatic N) is 5. The molecule has 2 amide bonds. The summed E-state index contributed by atoms with van der Waals surface area (Å²) in [6.07, 6.45) is 0.0322. The number of carbonyl (C=O) groups excluding carboxylic acids is 4. The second-order valence-electron chi connectivity index (χ2n) is 9.22. The fourth-order valence-corrected chi connectivity index (χ4v) is 7.95. The van der Waals surface area contributed by atoms with Crippen LogP contribution in [-0.4, -0.2) is 90.3 Å². The summed E-state index contributed by atoms with van der Waals surface area (Å²) in [4.78, 5) is 56.8. The molecule has 0 radical (unpaired) electrons. The van der Waals surface area contributed by atoms with Crippen LogP contribution in [0.3, 0.4) is 0 Å². The molecule has 1 saturated carbocycles. The van der Waals surface area contributed by atoms with Gasteiger partial charge in [0.2, 0.25) is 6.29 Å². The largest absolute Gasteiger partial charge is 0.511 e. The highest BCUT2D eigenvalue weighted by atomic mass is 32.2. The summed E-state index contributed by atoms with van der Waals surface area (Å²) >= 11 is 5.14. The third-order valence-corrected chi connectivity index (χ3v) is 10.4. The Morgan fingerprint density at radius 2 is 2.10 bits per heavy atom. The molecule has 4 N–H and O–H groups in total. The average Bonchev–Trinajstić information content (AvgIpc) is 3.55. The molecule has 4 heterocycles. The lowest BCUT2D eigenvalue weighted by atomic mass is 9.96. The molecular formula is C23H25N7O8S4. The first-order valence-electron chi connectivity index (χ1n) is 12.6. The Labute approximate surface area is 255 Å². The second kappa shape index (κ2) is 12.8. The van der Waals surface area contributed by atoms with Crippen LogP contribution in [0.5, 0.6) is 0 Å². The summed E-state index contributed by atoms with van der Waals surface area (Å²) in [7, 11) is 0. The maximum Gasteiger partial charge on any atom is 0.511 e. The van der Waals surface area contributed by atoms with E-state index in [0.717, 1.165) is 35.6 Å². The number of thioether (sulfide) groups is 2. The Morgan fingerprint density at radius 1 is 1.31 bits per heavy atom. The molecule has 1 aliphatic carbocycles. The molecule has 2 fully saturated rings. The van der Waals surface area contributed by atoms with Crippen molar-refractivity contribution >= 4 is 81.0 Å². The number of nitrogens with two attached hydrogens (primary N) is 1. The fraction of sp³-hybridized carbons (Fsp3) is 0.478. The molecule has 1 saturated heterocycles. The van der Waals surface area contributed by atoms with Crippen molar-refractivity contribution in [2.24, 2.45) is 5.16 Å². The molecule has 3 atom stereocenters. The van der Waals surface area contributed by atoms with Crippen molar-refractivity contribution in [3.05, 3.63) is 27.4 Å². The zero-order chi connectivity index (χ0) is 30.0. The molecule has 15 nitrogen and oxygen atoms in total. The molecule has 19 heteroatoms. The molecule has 2 aromatic heterocycles. The number of nitrogens with one attached hydrogen (secondary N) is 1. The summed E-state index contributed by atoms with van der Waals surface area (Å²) in [5.41, 5.74) is 5.85. The van der Waals surface area contributed by atoms with Crippen LogP contribution in [0, 0.1) is 6.92 Å². The van der Waals surface area contributed by atoms with Crippen LogP contribution in [0.1, 0.15) is 36.9 Å². The van der Waals surface area contributed by atoms with Gasteiger partial charge >= 0.3 is 12.1 Å². The molecule has 3 aliphatic rings. The van der Waals surface area contributed by atoms with E-state index in [0.29, 0.717) is 21.4 Å². The van der Waals surface area contributed by atoms with Crippen molar-refractivity contribution < 1.29 is 38.6 Å². The van der Waals surface area contributed by atoms with Gasteiger partial charge in [-0.3, -0.25) is 14.5 Å². The van der Waals surface area contributed by atoms with Crippen molar-refractivity contribution in [3.63, 3.8) is 0 Å². The Hall–Kier alpha value is -3.42. The first kappa shape index (κ1) is 30.1. The number of amides is 2. The summed E-state index contributed by atoms with van der Waals surface area (Å²) in [5, 5.41) is 24.8. The quantitative estimate of drug-likeness (QED) is 0.0637. The Morgan fingerprint density at radius 3 is 2.71 bits per heavy atom. The van der Waals surface area contributed by atoms with Gasteiger partial charge in [-0.1, -0.05) is 28.3 Å². The summed E-state index contributed by atoms with van der Waals surface area (Å²) in [6.45, 7) is 3.20. The van der Waals surface area contributed by atoms with Crippen molar-refractivity contribution in [1.29, 1.82) is 0 Å². The van der Waals surface area contributed by atoms with Gasteiger partial charge in [-0.15, -0.1) is 33.3 Å². The minimum atomic E-state index is -1.29. The van der Waals surface area contributed by atoms with Gasteiger partial charge in [0.15, 0.2) is 15.2 Å². The zero-order valence-electron chi connectivity index (χ0n) is 22.2. The van der Waals surface area contributed by atoms with Crippen molar-refractivity contribution in [3.8, 4) is 0 Å². The maximum absolute atomic E-state index is 13.4. The Balaban J connectivity index is 1.30. The molecule has 224 valence electrons. The predicted octanol–water partition coefficient (Wildman–Crippen LogP) is 2.10. The van der Waals surface area contributed by atoms with E-state index in [1.165, 1.54) is 52.1 Å². The minimum absolute atomic E-state index is 0.00544. The van der Waals surface area contributed by atoms with Crippen LogP contribution >= 0.6 is 46.2 Å². The number of nitrogen functional groups attached to an aromatic ring is 1. The monoisotopic (exact) mass is 655 g/mol. The predicted molar refractivity (Wildman–Crippen MR) is 153 cm³/mol. The zero-order valence-corrected chi connectivity index (χ0v) is 25.4. The number of esters is 1.